The lowest BCUT2D eigenvalue weighted by Crippen LogP contribution is -2.31. The highest BCUT2D eigenvalue weighted by atomic mass is 32.3. The molecule has 0 spiro atoms. The van der Waals surface area contributed by atoms with Crippen LogP contribution >= 0.6 is 0 Å². The highest BCUT2D eigenvalue weighted by molar-refractivity contribution is 7.81. The molecule has 186 valence electrons. The van der Waals surface area contributed by atoms with Crippen LogP contribution in [0, 0.1) is 0 Å². The molecule has 0 radical (unpaired) electrons. The molecular formula is C23H25N3O8S. The average Bonchev–Trinajstić information content (AvgIpc) is 3.41. The number of rotatable bonds is 9. The fraction of sp³-hybridized carbons (Fsp3) is 0.261. The SMILES string of the molecule is CN(C)CCc1cn(C(c2ccc(O)c(O)c2)[C@H]2Oc3ccc(/C=C\OS(=O)(=O)O)cc3O2)cn1. The van der Waals surface area contributed by atoms with Crippen LogP contribution in [-0.4, -0.2) is 64.6 Å². The molecule has 12 heteroatoms. The minimum Gasteiger partial charge on any atom is -0.504 e. The number of aromatic nitrogens is 2. The molecule has 0 fully saturated rings. The highest BCUT2D eigenvalue weighted by Crippen LogP contribution is 2.41. The van der Waals surface area contributed by atoms with Crippen molar-refractivity contribution in [3.63, 3.8) is 0 Å². The van der Waals surface area contributed by atoms with Crippen molar-refractivity contribution >= 4 is 16.5 Å². The number of hydrogen-bond acceptors (Lipinski definition) is 9. The van der Waals surface area contributed by atoms with Gasteiger partial charge in [-0.05, 0) is 55.6 Å². The van der Waals surface area contributed by atoms with Gasteiger partial charge in [0, 0.05) is 19.2 Å². The summed E-state index contributed by atoms with van der Waals surface area (Å²) >= 11 is 0. The lowest BCUT2D eigenvalue weighted by atomic mass is 10.1. The minimum atomic E-state index is -4.59. The Morgan fingerprint density at radius 3 is 2.63 bits per heavy atom. The van der Waals surface area contributed by atoms with Crippen LogP contribution < -0.4 is 9.47 Å². The second-order valence-electron chi connectivity index (χ2n) is 8.20. The van der Waals surface area contributed by atoms with E-state index in [0.29, 0.717) is 22.6 Å². The quantitative estimate of drug-likeness (QED) is 0.226. The maximum absolute atomic E-state index is 10.7. The average molecular weight is 504 g/mol. The standard InChI is InChI=1S/C23H25N3O8S/c1-25(2)9-7-17-13-26(14-24-17)22(16-4-5-18(27)19(28)12-16)23-33-20-6-3-15(11-21(20)34-23)8-10-32-35(29,30)31/h3-6,8,10-14,22-23,27-28H,7,9H2,1-2H3,(H,29,30,31)/b10-8-/t22?,23-/m0/s1. The van der Waals surface area contributed by atoms with Gasteiger partial charge in [0.2, 0.25) is 0 Å². The van der Waals surface area contributed by atoms with E-state index < -0.39 is 22.7 Å². The number of imidazole rings is 1. The number of hydrogen-bond donors (Lipinski definition) is 3. The van der Waals surface area contributed by atoms with Gasteiger partial charge in [-0.25, -0.2) is 4.98 Å². The molecule has 2 aromatic carbocycles. The summed E-state index contributed by atoms with van der Waals surface area (Å²) in [7, 11) is -0.631. The van der Waals surface area contributed by atoms with E-state index in [1.165, 1.54) is 18.2 Å². The molecule has 0 saturated carbocycles. The van der Waals surface area contributed by atoms with E-state index in [-0.39, 0.29) is 11.5 Å². The zero-order chi connectivity index (χ0) is 25.2. The molecule has 11 nitrogen and oxygen atoms in total. The molecule has 1 aliphatic heterocycles. The summed E-state index contributed by atoms with van der Waals surface area (Å²) in [5, 5.41) is 19.9. The fourth-order valence-electron chi connectivity index (χ4n) is 3.59. The second kappa shape index (κ2) is 9.86. The van der Waals surface area contributed by atoms with Gasteiger partial charge in [0.1, 0.15) is 12.3 Å². The van der Waals surface area contributed by atoms with Crippen molar-refractivity contribution in [2.75, 3.05) is 20.6 Å². The Labute approximate surface area is 202 Å². The highest BCUT2D eigenvalue weighted by Gasteiger charge is 2.35. The van der Waals surface area contributed by atoms with E-state index in [1.807, 2.05) is 24.9 Å². The molecule has 3 N–H and O–H groups in total. The zero-order valence-corrected chi connectivity index (χ0v) is 19.8. The van der Waals surface area contributed by atoms with Crippen molar-refractivity contribution in [3.05, 3.63) is 72.0 Å². The van der Waals surface area contributed by atoms with Crippen molar-refractivity contribution in [2.24, 2.45) is 0 Å². The summed E-state index contributed by atoms with van der Waals surface area (Å²) in [6.45, 7) is 0.821. The van der Waals surface area contributed by atoms with Gasteiger partial charge in [-0.3, -0.25) is 4.55 Å². The fourth-order valence-corrected chi connectivity index (χ4v) is 3.79. The summed E-state index contributed by atoms with van der Waals surface area (Å²) < 4.78 is 48.3. The van der Waals surface area contributed by atoms with Crippen LogP contribution in [0.15, 0.2) is 55.2 Å². The van der Waals surface area contributed by atoms with Gasteiger partial charge in [0.25, 0.3) is 6.29 Å². The Kier molecular flexibility index (Phi) is 6.87. The summed E-state index contributed by atoms with van der Waals surface area (Å²) in [4.78, 5) is 6.54. The van der Waals surface area contributed by atoms with Gasteiger partial charge in [-0.1, -0.05) is 12.1 Å². The van der Waals surface area contributed by atoms with Crippen molar-refractivity contribution in [2.45, 2.75) is 18.8 Å². The molecule has 2 heterocycles. The Morgan fingerprint density at radius 2 is 1.91 bits per heavy atom. The molecule has 2 atom stereocenters. The molecule has 1 aromatic heterocycles. The first kappa shape index (κ1) is 24.4. The first-order chi connectivity index (χ1) is 16.6. The van der Waals surface area contributed by atoms with Crippen LogP contribution in [0.2, 0.25) is 0 Å². The smallest absolute Gasteiger partial charge is 0.445 e. The first-order valence-corrected chi connectivity index (χ1v) is 11.9. The van der Waals surface area contributed by atoms with E-state index in [9.17, 15) is 18.6 Å². The summed E-state index contributed by atoms with van der Waals surface area (Å²) in [5.74, 6) is 0.348. The number of phenolic OH excluding ortho intramolecular Hbond substituents is 2. The van der Waals surface area contributed by atoms with Gasteiger partial charge >= 0.3 is 10.4 Å². The molecule has 1 unspecified atom stereocenters. The van der Waals surface area contributed by atoms with Crippen molar-refractivity contribution in [1.29, 1.82) is 0 Å². The van der Waals surface area contributed by atoms with E-state index in [0.717, 1.165) is 24.9 Å². The van der Waals surface area contributed by atoms with Crippen LogP contribution in [0.1, 0.15) is 22.9 Å². The third-order valence-corrected chi connectivity index (χ3v) is 5.64. The topological polar surface area (TPSA) is 144 Å². The summed E-state index contributed by atoms with van der Waals surface area (Å²) in [6, 6.07) is 8.88. The van der Waals surface area contributed by atoms with Crippen molar-refractivity contribution in [1.82, 2.24) is 14.5 Å². The predicted molar refractivity (Wildman–Crippen MR) is 126 cm³/mol. The van der Waals surface area contributed by atoms with E-state index >= 15 is 0 Å². The molecule has 0 saturated heterocycles. The minimum absolute atomic E-state index is 0.245. The number of benzene rings is 2. The maximum atomic E-state index is 10.7. The van der Waals surface area contributed by atoms with Gasteiger partial charge < -0.3 is 33.3 Å². The van der Waals surface area contributed by atoms with Gasteiger partial charge in [-0.15, -0.1) is 0 Å². The number of likely N-dealkylation sites (N-methyl/N-ethyl adjacent to an activating group) is 1. The normalized spacial score (nSPS) is 16.2. The molecule has 1 aliphatic rings. The van der Waals surface area contributed by atoms with Crippen LogP contribution in [0.4, 0.5) is 0 Å². The van der Waals surface area contributed by atoms with Gasteiger partial charge in [0.15, 0.2) is 23.0 Å². The Balaban J connectivity index is 1.61. The number of fused-ring (bicyclic) bond motifs is 1. The summed E-state index contributed by atoms with van der Waals surface area (Å²) in [5.41, 5.74) is 2.04. The number of nitrogens with zero attached hydrogens (tertiary/aromatic N) is 3. The van der Waals surface area contributed by atoms with Gasteiger partial charge in [-0.2, -0.15) is 8.42 Å². The Hall–Kier alpha value is -3.74. The molecule has 0 amide bonds. The third kappa shape index (κ3) is 6.04. The van der Waals surface area contributed by atoms with Crippen LogP contribution in [-0.2, 0) is 21.0 Å². The Morgan fingerprint density at radius 1 is 1.14 bits per heavy atom. The van der Waals surface area contributed by atoms with Crippen molar-refractivity contribution in [3.8, 4) is 23.0 Å². The van der Waals surface area contributed by atoms with Crippen molar-refractivity contribution < 1.29 is 36.8 Å². The monoisotopic (exact) mass is 503 g/mol. The molecule has 3 aromatic rings. The largest absolute Gasteiger partial charge is 0.504 e. The number of aromatic hydroxyl groups is 2. The molecule has 0 bridgehead atoms. The maximum Gasteiger partial charge on any atom is 0.445 e. The number of phenols is 2. The van der Waals surface area contributed by atoms with Crippen LogP contribution in [0.5, 0.6) is 23.0 Å². The first-order valence-electron chi connectivity index (χ1n) is 10.6. The molecule has 0 aliphatic carbocycles. The molecule has 4 rings (SSSR count). The lowest BCUT2D eigenvalue weighted by molar-refractivity contribution is 0.0148. The van der Waals surface area contributed by atoms with E-state index in [2.05, 4.69) is 14.1 Å². The van der Waals surface area contributed by atoms with E-state index in [4.69, 9.17) is 14.0 Å². The van der Waals surface area contributed by atoms with Crippen LogP contribution in [0.3, 0.4) is 0 Å². The molecular weight excluding hydrogens is 478 g/mol. The van der Waals surface area contributed by atoms with Gasteiger partial charge in [0.05, 0.1) is 12.0 Å². The second-order valence-corrected chi connectivity index (χ2v) is 9.24. The summed E-state index contributed by atoms with van der Waals surface area (Å²) in [6.07, 6.45) is 5.63. The Bertz CT molecular complexity index is 1340. The predicted octanol–water partition coefficient (Wildman–Crippen LogP) is 2.58. The third-order valence-electron chi connectivity index (χ3n) is 5.28. The molecule has 35 heavy (non-hydrogen) atoms. The van der Waals surface area contributed by atoms with E-state index in [1.54, 1.807) is 30.6 Å². The lowest BCUT2D eigenvalue weighted by Gasteiger charge is -2.24. The number of ether oxygens (including phenoxy) is 2. The zero-order valence-electron chi connectivity index (χ0n) is 19.0. The van der Waals surface area contributed by atoms with Crippen LogP contribution in [0.25, 0.3) is 6.08 Å².